The van der Waals surface area contributed by atoms with Crippen LogP contribution in [-0.2, 0) is 4.74 Å². The van der Waals surface area contributed by atoms with Crippen molar-refractivity contribution < 1.29 is 23.4 Å². The van der Waals surface area contributed by atoms with Crippen molar-refractivity contribution in [2.45, 2.75) is 55.8 Å². The second kappa shape index (κ2) is 8.52. The van der Waals surface area contributed by atoms with Gasteiger partial charge in [0.15, 0.2) is 0 Å². The number of nitrogens with zero attached hydrogens (tertiary/aromatic N) is 4. The van der Waals surface area contributed by atoms with Gasteiger partial charge in [0, 0.05) is 18.2 Å². The zero-order valence-corrected chi connectivity index (χ0v) is 18.7. The van der Waals surface area contributed by atoms with Gasteiger partial charge >= 0.3 is 6.01 Å². The van der Waals surface area contributed by atoms with Crippen LogP contribution >= 0.6 is 0 Å². The highest BCUT2D eigenvalue weighted by atomic mass is 19.1. The zero-order valence-electron chi connectivity index (χ0n) is 18.7. The molecule has 1 N–H and O–H groups in total. The fraction of sp³-hybridized carbons (Fsp3) is 0.667. The molecule has 1 aromatic heterocycles. The second-order valence-electron chi connectivity index (χ2n) is 10.2. The molecule has 3 saturated heterocycles. The van der Waals surface area contributed by atoms with E-state index < -0.39 is 0 Å². The van der Waals surface area contributed by atoms with Crippen LogP contribution in [0.3, 0.4) is 0 Å². The molecular formula is C24H31FN4O4. The molecule has 178 valence electrons. The van der Waals surface area contributed by atoms with E-state index >= 15 is 0 Å². The van der Waals surface area contributed by atoms with Gasteiger partial charge < -0.3 is 23.9 Å². The van der Waals surface area contributed by atoms with Crippen molar-refractivity contribution in [3.8, 4) is 5.75 Å². The van der Waals surface area contributed by atoms with Gasteiger partial charge in [-0.1, -0.05) is 5.10 Å². The number of hydrogen-bond donors (Lipinski definition) is 1. The number of aliphatic hydroxyl groups is 1. The third-order valence-electron chi connectivity index (χ3n) is 7.97. The number of aromatic nitrogens is 2. The predicted molar refractivity (Wildman–Crippen MR) is 118 cm³/mol. The summed E-state index contributed by atoms with van der Waals surface area (Å²) in [6, 6.07) is 5.91. The Morgan fingerprint density at radius 1 is 1.21 bits per heavy atom. The molecule has 0 amide bonds. The van der Waals surface area contributed by atoms with Crippen LogP contribution in [0.2, 0.25) is 0 Å². The maximum Gasteiger partial charge on any atom is 0.318 e. The summed E-state index contributed by atoms with van der Waals surface area (Å²) in [5, 5.41) is 17.0. The molecule has 1 aliphatic carbocycles. The predicted octanol–water partition coefficient (Wildman–Crippen LogP) is 2.59. The van der Waals surface area contributed by atoms with Crippen LogP contribution in [0.25, 0.3) is 0 Å². The Morgan fingerprint density at radius 2 is 2.03 bits per heavy atom. The second-order valence-corrected chi connectivity index (χ2v) is 10.2. The molecular weight excluding hydrogens is 427 g/mol. The molecule has 0 bridgehead atoms. The van der Waals surface area contributed by atoms with E-state index in [9.17, 15) is 9.50 Å². The van der Waals surface area contributed by atoms with Crippen molar-refractivity contribution in [3.05, 3.63) is 36.0 Å². The van der Waals surface area contributed by atoms with Gasteiger partial charge in [-0.3, -0.25) is 4.90 Å². The van der Waals surface area contributed by atoms with E-state index in [1.807, 2.05) is 0 Å². The Labute approximate surface area is 192 Å². The number of anilines is 1. The Morgan fingerprint density at radius 3 is 2.76 bits per heavy atom. The largest absolute Gasteiger partial charge is 0.490 e. The van der Waals surface area contributed by atoms with Crippen molar-refractivity contribution in [2.24, 2.45) is 5.92 Å². The topological polar surface area (TPSA) is 84.1 Å². The molecule has 1 saturated carbocycles. The van der Waals surface area contributed by atoms with Gasteiger partial charge in [-0.05, 0) is 75.2 Å². The molecule has 1 unspecified atom stereocenters. The van der Waals surface area contributed by atoms with Crippen LogP contribution in [-0.4, -0.2) is 77.3 Å². The summed E-state index contributed by atoms with van der Waals surface area (Å²) in [6.07, 6.45) is 6.23. The molecule has 33 heavy (non-hydrogen) atoms. The van der Waals surface area contributed by atoms with Gasteiger partial charge in [-0.25, -0.2) is 4.39 Å². The summed E-state index contributed by atoms with van der Waals surface area (Å²) in [4.78, 5) is 4.61. The summed E-state index contributed by atoms with van der Waals surface area (Å²) in [6.45, 7) is 4.53. The lowest BCUT2D eigenvalue weighted by atomic mass is 9.82. The minimum absolute atomic E-state index is 0.102. The highest BCUT2D eigenvalue weighted by molar-refractivity contribution is 5.38. The first kappa shape index (κ1) is 21.3. The molecule has 0 radical (unpaired) electrons. The Kier molecular flexibility index (Phi) is 5.50. The summed E-state index contributed by atoms with van der Waals surface area (Å²) in [7, 11) is 0. The van der Waals surface area contributed by atoms with Crippen LogP contribution in [0.4, 0.5) is 10.4 Å². The summed E-state index contributed by atoms with van der Waals surface area (Å²) < 4.78 is 31.8. The monoisotopic (exact) mass is 458 g/mol. The summed E-state index contributed by atoms with van der Waals surface area (Å²) in [5.74, 6) is 1.25. The van der Waals surface area contributed by atoms with Gasteiger partial charge in [-0.2, -0.15) is 0 Å². The maximum atomic E-state index is 14.1. The number of ether oxygens (including phenoxy) is 2. The van der Waals surface area contributed by atoms with Crippen molar-refractivity contribution in [1.82, 2.24) is 15.1 Å². The first-order chi connectivity index (χ1) is 16.1. The van der Waals surface area contributed by atoms with Crippen molar-refractivity contribution in [3.63, 3.8) is 0 Å². The molecule has 4 heterocycles. The molecule has 1 atom stereocenters. The lowest BCUT2D eigenvalue weighted by Gasteiger charge is -2.46. The number of likely N-dealkylation sites (tertiary alicyclic amines) is 1. The number of hydrogen-bond acceptors (Lipinski definition) is 8. The number of aliphatic hydroxyl groups excluding tert-OH is 1. The minimum Gasteiger partial charge on any atom is -0.490 e. The standard InChI is InChI=1S/C24H31FN4O4/c25-18-1-2-22(33-20-7-16(8-20)11-30)21(9-18)17-3-5-28(6-4-17)19-10-24(32-12-19)13-29(14-24)23-27-26-15-31-23/h1-2,9,15-17,19-20,30H,3-8,10-14H2. The average Bonchev–Trinajstić information content (AvgIpc) is 3.46. The normalized spacial score (nSPS) is 29.8. The van der Waals surface area contributed by atoms with Gasteiger partial charge in [0.1, 0.15) is 17.2 Å². The van der Waals surface area contributed by atoms with Crippen LogP contribution in [0.5, 0.6) is 5.75 Å². The van der Waals surface area contributed by atoms with E-state index in [2.05, 4.69) is 20.0 Å². The maximum absolute atomic E-state index is 14.1. The van der Waals surface area contributed by atoms with E-state index in [-0.39, 0.29) is 24.1 Å². The number of rotatable bonds is 6. The van der Waals surface area contributed by atoms with Crippen LogP contribution < -0.4 is 9.64 Å². The Balaban J connectivity index is 1.04. The SMILES string of the molecule is OCC1CC(Oc2ccc(F)cc2C2CCN(C3COC4(C3)CN(c3nnco3)C4)CC2)C1. The molecule has 3 aliphatic heterocycles. The van der Waals surface area contributed by atoms with E-state index in [1.54, 1.807) is 12.1 Å². The highest BCUT2D eigenvalue weighted by Gasteiger charge is 2.52. The third kappa shape index (κ3) is 4.11. The third-order valence-corrected chi connectivity index (χ3v) is 7.97. The Hall–Kier alpha value is -2.23. The lowest BCUT2D eigenvalue weighted by molar-refractivity contribution is -0.0216. The van der Waals surface area contributed by atoms with Crippen LogP contribution in [0, 0.1) is 11.7 Å². The highest BCUT2D eigenvalue weighted by Crippen LogP contribution is 2.42. The van der Waals surface area contributed by atoms with Crippen molar-refractivity contribution >= 4 is 6.01 Å². The fourth-order valence-corrected chi connectivity index (χ4v) is 5.99. The van der Waals surface area contributed by atoms with Crippen molar-refractivity contribution in [2.75, 3.05) is 44.3 Å². The molecule has 2 aromatic rings. The Bertz CT molecular complexity index is 953. The first-order valence-corrected chi connectivity index (χ1v) is 12.1. The van der Waals surface area contributed by atoms with Gasteiger partial charge in [0.2, 0.25) is 6.39 Å². The van der Waals surface area contributed by atoms with E-state index in [0.29, 0.717) is 23.9 Å². The van der Waals surface area contributed by atoms with E-state index in [1.165, 1.54) is 12.5 Å². The lowest BCUT2D eigenvalue weighted by Crippen LogP contribution is -2.62. The van der Waals surface area contributed by atoms with Gasteiger partial charge in [0.05, 0.1) is 25.8 Å². The summed E-state index contributed by atoms with van der Waals surface area (Å²) in [5.41, 5.74) is 0.893. The molecule has 4 aliphatic rings. The van der Waals surface area contributed by atoms with Crippen LogP contribution in [0.1, 0.15) is 43.6 Å². The number of piperidine rings is 1. The number of benzene rings is 1. The van der Waals surface area contributed by atoms with E-state index in [0.717, 1.165) is 76.2 Å². The molecule has 4 fully saturated rings. The van der Waals surface area contributed by atoms with E-state index in [4.69, 9.17) is 13.9 Å². The van der Waals surface area contributed by atoms with Gasteiger partial charge in [-0.15, -0.1) is 5.10 Å². The smallest absolute Gasteiger partial charge is 0.318 e. The molecule has 1 aromatic carbocycles. The average molecular weight is 459 g/mol. The number of halogens is 1. The fourth-order valence-electron chi connectivity index (χ4n) is 5.99. The van der Waals surface area contributed by atoms with Crippen molar-refractivity contribution in [1.29, 1.82) is 0 Å². The summed E-state index contributed by atoms with van der Waals surface area (Å²) >= 11 is 0. The first-order valence-electron chi connectivity index (χ1n) is 12.1. The zero-order chi connectivity index (χ0) is 22.4. The molecule has 1 spiro atoms. The molecule has 9 heteroatoms. The molecule has 8 nitrogen and oxygen atoms in total. The van der Waals surface area contributed by atoms with Gasteiger partial charge in [0.25, 0.3) is 0 Å². The quantitative estimate of drug-likeness (QED) is 0.707. The minimum atomic E-state index is -0.205. The molecule has 6 rings (SSSR count). The van der Waals surface area contributed by atoms with Crippen LogP contribution in [0.15, 0.2) is 29.0 Å².